The molecular formula is C25H32N2O4S. The van der Waals surface area contributed by atoms with Gasteiger partial charge in [0.15, 0.2) is 0 Å². The number of morpholine rings is 1. The van der Waals surface area contributed by atoms with E-state index in [2.05, 4.69) is 12.1 Å². The Hall–Kier alpha value is -2.22. The van der Waals surface area contributed by atoms with Crippen molar-refractivity contribution in [2.75, 3.05) is 32.8 Å². The molecule has 1 aliphatic carbocycles. The first-order chi connectivity index (χ1) is 15.5. The second kappa shape index (κ2) is 10.6. The summed E-state index contributed by atoms with van der Waals surface area (Å²) in [6.45, 7) is 3.10. The molecule has 1 amide bonds. The first-order valence-electron chi connectivity index (χ1n) is 11.5. The molecule has 0 spiro atoms. The summed E-state index contributed by atoms with van der Waals surface area (Å²) in [5.74, 6) is 0.776. The molecule has 0 aromatic heterocycles. The fourth-order valence-corrected chi connectivity index (χ4v) is 5.63. The van der Waals surface area contributed by atoms with Gasteiger partial charge in [0.2, 0.25) is 15.9 Å². The molecule has 1 saturated heterocycles. The summed E-state index contributed by atoms with van der Waals surface area (Å²) in [5, 5.41) is 0. The summed E-state index contributed by atoms with van der Waals surface area (Å²) >= 11 is 0. The molecular weight excluding hydrogens is 424 g/mol. The van der Waals surface area contributed by atoms with Gasteiger partial charge in [0, 0.05) is 32.6 Å². The van der Waals surface area contributed by atoms with Crippen LogP contribution in [0.1, 0.15) is 36.8 Å². The van der Waals surface area contributed by atoms with Crippen molar-refractivity contribution in [3.05, 3.63) is 65.7 Å². The summed E-state index contributed by atoms with van der Waals surface area (Å²) in [6.07, 6.45) is 4.70. The van der Waals surface area contributed by atoms with E-state index in [1.54, 1.807) is 12.1 Å². The highest BCUT2D eigenvalue weighted by atomic mass is 32.2. The van der Waals surface area contributed by atoms with Gasteiger partial charge in [-0.3, -0.25) is 4.79 Å². The van der Waals surface area contributed by atoms with Crippen LogP contribution in [0.4, 0.5) is 0 Å². The molecule has 0 bridgehead atoms. The van der Waals surface area contributed by atoms with E-state index >= 15 is 0 Å². The first-order valence-corrected chi connectivity index (χ1v) is 12.9. The Balaban J connectivity index is 1.36. The zero-order valence-corrected chi connectivity index (χ0v) is 19.3. The summed E-state index contributed by atoms with van der Waals surface area (Å²) in [5.41, 5.74) is 2.13. The van der Waals surface area contributed by atoms with Crippen molar-refractivity contribution >= 4 is 15.9 Å². The number of rotatable bonds is 9. The molecule has 0 N–H and O–H groups in total. The van der Waals surface area contributed by atoms with Crippen LogP contribution in [-0.4, -0.2) is 56.4 Å². The maximum atomic E-state index is 13.0. The normalized spacial score (nSPS) is 17.6. The van der Waals surface area contributed by atoms with Gasteiger partial charge in [-0.15, -0.1) is 0 Å². The average Bonchev–Trinajstić information content (AvgIpc) is 2.80. The Morgan fingerprint density at radius 3 is 2.28 bits per heavy atom. The van der Waals surface area contributed by atoms with E-state index in [4.69, 9.17) is 4.74 Å². The minimum atomic E-state index is -3.49. The molecule has 0 radical (unpaired) electrons. The van der Waals surface area contributed by atoms with Crippen LogP contribution in [0.2, 0.25) is 0 Å². The van der Waals surface area contributed by atoms with E-state index in [9.17, 15) is 13.2 Å². The third kappa shape index (κ3) is 5.77. The van der Waals surface area contributed by atoms with Crippen molar-refractivity contribution in [3.8, 4) is 0 Å². The van der Waals surface area contributed by atoms with E-state index in [-0.39, 0.29) is 5.91 Å². The Kier molecular flexibility index (Phi) is 7.60. The average molecular weight is 457 g/mol. The number of amides is 1. The summed E-state index contributed by atoms with van der Waals surface area (Å²) < 4.78 is 32.3. The number of carbonyl (C=O) groups is 1. The first kappa shape index (κ1) is 23.0. The van der Waals surface area contributed by atoms with Crippen LogP contribution >= 0.6 is 0 Å². The number of hydrogen-bond donors (Lipinski definition) is 0. The Bertz CT molecular complexity index is 982. The van der Waals surface area contributed by atoms with E-state index in [1.165, 1.54) is 23.6 Å². The van der Waals surface area contributed by atoms with Crippen molar-refractivity contribution in [1.29, 1.82) is 0 Å². The summed E-state index contributed by atoms with van der Waals surface area (Å²) in [7, 11) is -3.49. The van der Waals surface area contributed by atoms with Gasteiger partial charge >= 0.3 is 0 Å². The summed E-state index contributed by atoms with van der Waals surface area (Å²) in [4.78, 5) is 15.3. The van der Waals surface area contributed by atoms with E-state index in [1.807, 2.05) is 35.2 Å². The van der Waals surface area contributed by atoms with Crippen molar-refractivity contribution in [2.45, 2.75) is 43.5 Å². The Morgan fingerprint density at radius 1 is 0.969 bits per heavy atom. The van der Waals surface area contributed by atoms with Crippen LogP contribution in [0.3, 0.4) is 0 Å². The fourth-order valence-electron chi connectivity index (χ4n) is 4.22. The minimum absolute atomic E-state index is 0.158. The van der Waals surface area contributed by atoms with Crippen LogP contribution in [0.25, 0.3) is 0 Å². The van der Waals surface area contributed by atoms with Crippen LogP contribution in [0, 0.1) is 5.92 Å². The number of nitrogens with zero attached hydrogens (tertiary/aromatic N) is 2. The fraction of sp³-hybridized carbons (Fsp3) is 0.480. The number of hydrogen-bond acceptors (Lipinski definition) is 4. The largest absolute Gasteiger partial charge is 0.379 e. The molecule has 2 aliphatic rings. The van der Waals surface area contributed by atoms with Crippen molar-refractivity contribution in [2.24, 2.45) is 5.92 Å². The second-order valence-electron chi connectivity index (χ2n) is 8.72. The highest BCUT2D eigenvalue weighted by molar-refractivity contribution is 7.89. The van der Waals surface area contributed by atoms with Gasteiger partial charge in [-0.05, 0) is 48.4 Å². The third-order valence-electron chi connectivity index (χ3n) is 6.43. The minimum Gasteiger partial charge on any atom is -0.379 e. The number of sulfonamides is 1. The molecule has 2 aromatic carbocycles. The monoisotopic (exact) mass is 456 g/mol. The molecule has 1 aliphatic heterocycles. The third-order valence-corrected chi connectivity index (χ3v) is 8.34. The highest BCUT2D eigenvalue weighted by Crippen LogP contribution is 2.28. The maximum Gasteiger partial charge on any atom is 0.243 e. The zero-order chi connectivity index (χ0) is 22.4. The van der Waals surface area contributed by atoms with Crippen molar-refractivity contribution in [1.82, 2.24) is 9.21 Å². The van der Waals surface area contributed by atoms with E-state index in [0.717, 1.165) is 17.7 Å². The zero-order valence-electron chi connectivity index (χ0n) is 18.5. The molecule has 32 heavy (non-hydrogen) atoms. The molecule has 4 rings (SSSR count). The van der Waals surface area contributed by atoms with Crippen LogP contribution < -0.4 is 0 Å². The molecule has 1 saturated carbocycles. The molecule has 7 heteroatoms. The lowest BCUT2D eigenvalue weighted by atomic mass is 9.85. The van der Waals surface area contributed by atoms with Crippen molar-refractivity contribution in [3.63, 3.8) is 0 Å². The van der Waals surface area contributed by atoms with Crippen LogP contribution in [0.5, 0.6) is 0 Å². The number of carbonyl (C=O) groups excluding carboxylic acids is 1. The SMILES string of the molecule is O=C(CCc1ccc(S(=O)(=O)N2CCOCC2)cc1)N(Cc1ccccc1)CC1CCC1. The molecule has 1 heterocycles. The van der Waals surface area contributed by atoms with Crippen LogP contribution in [0.15, 0.2) is 59.5 Å². The van der Waals surface area contributed by atoms with Gasteiger partial charge in [-0.25, -0.2) is 8.42 Å². The van der Waals surface area contributed by atoms with Gasteiger partial charge in [-0.2, -0.15) is 4.31 Å². The van der Waals surface area contributed by atoms with Gasteiger partial charge in [0.25, 0.3) is 0 Å². The van der Waals surface area contributed by atoms with Gasteiger partial charge in [0.1, 0.15) is 0 Å². The molecule has 0 unspecified atom stereocenters. The predicted octanol–water partition coefficient (Wildman–Crippen LogP) is 3.47. The topological polar surface area (TPSA) is 66.9 Å². The van der Waals surface area contributed by atoms with Gasteiger partial charge < -0.3 is 9.64 Å². The Labute approximate surface area is 191 Å². The lowest BCUT2D eigenvalue weighted by molar-refractivity contribution is -0.132. The number of benzene rings is 2. The standard InChI is InChI=1S/C25H32N2O4S/c28-25(26(20-23-7-4-8-23)19-22-5-2-1-3-6-22)14-11-21-9-12-24(13-10-21)32(29,30)27-15-17-31-18-16-27/h1-3,5-6,9-10,12-13,23H,4,7-8,11,14-20H2. The lowest BCUT2D eigenvalue weighted by Gasteiger charge is -2.32. The Morgan fingerprint density at radius 2 is 1.66 bits per heavy atom. The maximum absolute atomic E-state index is 13.0. The van der Waals surface area contributed by atoms with Gasteiger partial charge in [0.05, 0.1) is 18.1 Å². The highest BCUT2D eigenvalue weighted by Gasteiger charge is 2.26. The number of ether oxygens (including phenoxy) is 1. The molecule has 172 valence electrons. The smallest absolute Gasteiger partial charge is 0.243 e. The molecule has 0 atom stereocenters. The lowest BCUT2D eigenvalue weighted by Crippen LogP contribution is -2.40. The van der Waals surface area contributed by atoms with E-state index < -0.39 is 10.0 Å². The molecule has 2 fully saturated rings. The van der Waals surface area contributed by atoms with Crippen LogP contribution in [-0.2, 0) is 32.5 Å². The van der Waals surface area contributed by atoms with Crippen molar-refractivity contribution < 1.29 is 17.9 Å². The molecule has 2 aromatic rings. The quantitative estimate of drug-likeness (QED) is 0.580. The predicted molar refractivity (Wildman–Crippen MR) is 124 cm³/mol. The molecule has 6 nitrogen and oxygen atoms in total. The summed E-state index contributed by atoms with van der Waals surface area (Å²) in [6, 6.07) is 17.1. The van der Waals surface area contributed by atoms with E-state index in [0.29, 0.717) is 56.5 Å². The van der Waals surface area contributed by atoms with Gasteiger partial charge in [-0.1, -0.05) is 48.9 Å². The number of aryl methyl sites for hydroxylation is 1. The second-order valence-corrected chi connectivity index (χ2v) is 10.7.